The standard InChI is InChI=1S/C36H46N10O5/c1-24(2)33-35-39-25(3)43-46(35)23-30(48)38-18-10-20-45(32(49)16-7-15-31-41-34(44-51-31)27-13-8-17-37-22-27)19-9-14-29(47)40-28(36(50)42-33)21-26-11-5-4-6-12-26/h4-6,8,11-13,17,22,24,28,33H,7,9-10,14-16,18-21,23H2,1-3H3,(H,38,48)(H,40,47)(H,42,50)/t28-,33+/m1/s1. The van der Waals surface area contributed by atoms with Crippen LogP contribution in [0.15, 0.2) is 59.4 Å². The molecule has 51 heavy (non-hydrogen) atoms. The summed E-state index contributed by atoms with van der Waals surface area (Å²) < 4.78 is 6.89. The van der Waals surface area contributed by atoms with Crippen LogP contribution in [0.4, 0.5) is 0 Å². The summed E-state index contributed by atoms with van der Waals surface area (Å²) in [6.45, 7) is 6.64. The van der Waals surface area contributed by atoms with E-state index < -0.39 is 12.1 Å². The molecule has 4 aromatic rings. The molecule has 1 aliphatic rings. The van der Waals surface area contributed by atoms with Gasteiger partial charge in [-0.05, 0) is 49.8 Å². The van der Waals surface area contributed by atoms with Gasteiger partial charge in [0.15, 0.2) is 5.82 Å². The molecule has 0 bridgehead atoms. The van der Waals surface area contributed by atoms with E-state index in [9.17, 15) is 19.2 Å². The Kier molecular flexibility index (Phi) is 13.0. The third-order valence-electron chi connectivity index (χ3n) is 8.56. The number of fused-ring (bicyclic) bond motifs is 1. The van der Waals surface area contributed by atoms with E-state index >= 15 is 0 Å². The number of carbonyl (C=O) groups is 4. The van der Waals surface area contributed by atoms with Gasteiger partial charge < -0.3 is 25.4 Å². The van der Waals surface area contributed by atoms with Crippen LogP contribution in [0.5, 0.6) is 0 Å². The maximum Gasteiger partial charge on any atom is 0.243 e. The first-order valence-electron chi connectivity index (χ1n) is 17.5. The van der Waals surface area contributed by atoms with E-state index in [1.165, 1.54) is 4.68 Å². The lowest BCUT2D eigenvalue weighted by Crippen LogP contribution is -2.50. The lowest BCUT2D eigenvalue weighted by molar-refractivity contribution is -0.132. The molecule has 0 radical (unpaired) electrons. The predicted molar refractivity (Wildman–Crippen MR) is 186 cm³/mol. The van der Waals surface area contributed by atoms with Crippen LogP contribution in [0.25, 0.3) is 11.4 Å². The number of amides is 4. The normalized spacial score (nSPS) is 18.3. The molecule has 0 aliphatic carbocycles. The molecule has 0 unspecified atom stereocenters. The zero-order chi connectivity index (χ0) is 36.2. The quantitative estimate of drug-likeness (QED) is 0.247. The molecule has 0 spiro atoms. The van der Waals surface area contributed by atoms with E-state index in [1.54, 1.807) is 30.3 Å². The van der Waals surface area contributed by atoms with Crippen LogP contribution in [0, 0.1) is 12.8 Å². The molecule has 0 saturated heterocycles. The number of aromatic nitrogens is 6. The van der Waals surface area contributed by atoms with Crippen molar-refractivity contribution in [3.8, 4) is 11.4 Å². The van der Waals surface area contributed by atoms with Crippen molar-refractivity contribution in [3.63, 3.8) is 0 Å². The summed E-state index contributed by atoms with van der Waals surface area (Å²) in [6, 6.07) is 11.7. The molecule has 3 aromatic heterocycles. The Labute approximate surface area is 297 Å². The van der Waals surface area contributed by atoms with Crippen molar-refractivity contribution in [1.82, 2.24) is 50.7 Å². The molecule has 15 heteroatoms. The van der Waals surface area contributed by atoms with E-state index in [0.29, 0.717) is 68.7 Å². The number of hydrogen-bond acceptors (Lipinski definition) is 10. The molecule has 5 rings (SSSR count). The van der Waals surface area contributed by atoms with Crippen molar-refractivity contribution in [3.05, 3.63) is 78.0 Å². The fourth-order valence-electron chi connectivity index (χ4n) is 5.93. The van der Waals surface area contributed by atoms with E-state index in [4.69, 9.17) is 4.52 Å². The monoisotopic (exact) mass is 698 g/mol. The van der Waals surface area contributed by atoms with Crippen LogP contribution >= 0.6 is 0 Å². The van der Waals surface area contributed by atoms with Crippen molar-refractivity contribution in [1.29, 1.82) is 0 Å². The van der Waals surface area contributed by atoms with Crippen LogP contribution in [-0.2, 0) is 38.6 Å². The highest BCUT2D eigenvalue weighted by Gasteiger charge is 2.30. The van der Waals surface area contributed by atoms with Crippen LogP contribution in [0.2, 0.25) is 0 Å². The molecule has 3 N–H and O–H groups in total. The van der Waals surface area contributed by atoms with Gasteiger partial charge >= 0.3 is 0 Å². The van der Waals surface area contributed by atoms with Gasteiger partial charge in [-0.25, -0.2) is 9.67 Å². The molecule has 15 nitrogen and oxygen atoms in total. The maximum absolute atomic E-state index is 13.8. The number of carbonyl (C=O) groups excluding carboxylic acids is 4. The van der Waals surface area contributed by atoms with Crippen LogP contribution in [0.1, 0.15) is 75.1 Å². The number of nitrogens with one attached hydrogen (secondary N) is 3. The van der Waals surface area contributed by atoms with E-state index in [1.807, 2.05) is 50.2 Å². The summed E-state index contributed by atoms with van der Waals surface area (Å²) in [5.74, 6) is 0.735. The maximum atomic E-state index is 13.8. The minimum absolute atomic E-state index is 0.0769. The average Bonchev–Trinajstić information content (AvgIpc) is 3.74. The second-order valence-electron chi connectivity index (χ2n) is 13.0. The molecule has 4 heterocycles. The summed E-state index contributed by atoms with van der Waals surface area (Å²) in [4.78, 5) is 68.3. The van der Waals surface area contributed by atoms with Gasteiger partial charge in [0.1, 0.15) is 18.4 Å². The SMILES string of the molecule is Cc1nc2n(n1)CC(=O)NCCCN(C(=O)CCCc1nc(-c3cccnc3)no1)CCCC(=O)N[C@H](Cc1ccccc1)C(=O)N[C@H]2C(C)C. The second kappa shape index (κ2) is 18.0. The Morgan fingerprint density at radius 2 is 1.80 bits per heavy atom. The number of pyridine rings is 1. The van der Waals surface area contributed by atoms with Crippen molar-refractivity contribution in [2.45, 2.75) is 84.3 Å². The first kappa shape index (κ1) is 36.8. The summed E-state index contributed by atoms with van der Waals surface area (Å²) in [5.41, 5.74) is 1.63. The Bertz CT molecular complexity index is 1760. The first-order valence-corrected chi connectivity index (χ1v) is 17.5. The van der Waals surface area contributed by atoms with Gasteiger partial charge in [0.25, 0.3) is 0 Å². The molecule has 1 aromatic carbocycles. The average molecular weight is 699 g/mol. The van der Waals surface area contributed by atoms with E-state index in [2.05, 4.69) is 41.2 Å². The lowest BCUT2D eigenvalue weighted by Gasteiger charge is -2.26. The molecule has 1 aliphatic heterocycles. The van der Waals surface area contributed by atoms with Gasteiger partial charge in [-0.3, -0.25) is 24.2 Å². The van der Waals surface area contributed by atoms with Gasteiger partial charge in [-0.1, -0.05) is 49.3 Å². The minimum atomic E-state index is -0.859. The van der Waals surface area contributed by atoms with Gasteiger partial charge in [-0.2, -0.15) is 10.1 Å². The minimum Gasteiger partial charge on any atom is -0.354 e. The molecule has 0 saturated carbocycles. The van der Waals surface area contributed by atoms with Crippen molar-refractivity contribution < 1.29 is 23.7 Å². The zero-order valence-electron chi connectivity index (χ0n) is 29.4. The zero-order valence-corrected chi connectivity index (χ0v) is 29.4. The molecule has 2 atom stereocenters. The predicted octanol–water partition coefficient (Wildman–Crippen LogP) is 2.72. The summed E-state index contributed by atoms with van der Waals surface area (Å²) >= 11 is 0. The first-order chi connectivity index (χ1) is 24.7. The fourth-order valence-corrected chi connectivity index (χ4v) is 5.93. The number of rotatable bonds is 8. The van der Waals surface area contributed by atoms with Crippen LogP contribution in [-0.4, -0.2) is 84.1 Å². The summed E-state index contributed by atoms with van der Waals surface area (Å²) in [5, 5.41) is 17.4. The largest absolute Gasteiger partial charge is 0.354 e. The van der Waals surface area contributed by atoms with Gasteiger partial charge in [0, 0.05) is 63.3 Å². The number of benzene rings is 1. The van der Waals surface area contributed by atoms with Crippen LogP contribution in [0.3, 0.4) is 0 Å². The fraction of sp³-hybridized carbons (Fsp3) is 0.472. The molecular formula is C36H46N10O5. The molecule has 0 fully saturated rings. The number of aryl methyl sites for hydroxylation is 2. The van der Waals surface area contributed by atoms with Gasteiger partial charge in [0.05, 0.1) is 6.04 Å². The number of nitrogens with zero attached hydrogens (tertiary/aromatic N) is 7. The van der Waals surface area contributed by atoms with E-state index in [-0.39, 0.29) is 55.4 Å². The third-order valence-corrected chi connectivity index (χ3v) is 8.56. The van der Waals surface area contributed by atoms with Crippen molar-refractivity contribution >= 4 is 23.6 Å². The Morgan fingerprint density at radius 3 is 2.57 bits per heavy atom. The Hall–Kier alpha value is -5.47. The van der Waals surface area contributed by atoms with Crippen molar-refractivity contribution in [2.75, 3.05) is 19.6 Å². The highest BCUT2D eigenvalue weighted by Crippen LogP contribution is 2.21. The van der Waals surface area contributed by atoms with Crippen LogP contribution < -0.4 is 16.0 Å². The highest BCUT2D eigenvalue weighted by molar-refractivity contribution is 5.88. The van der Waals surface area contributed by atoms with Crippen molar-refractivity contribution in [2.24, 2.45) is 5.92 Å². The summed E-state index contributed by atoms with van der Waals surface area (Å²) in [6.07, 6.45) is 5.82. The summed E-state index contributed by atoms with van der Waals surface area (Å²) in [7, 11) is 0. The number of hydrogen-bond donors (Lipinski definition) is 3. The highest BCUT2D eigenvalue weighted by atomic mass is 16.5. The molecule has 4 amide bonds. The smallest absolute Gasteiger partial charge is 0.243 e. The Balaban J connectivity index is 1.27. The lowest BCUT2D eigenvalue weighted by atomic mass is 10.0. The molecular weight excluding hydrogens is 652 g/mol. The van der Waals surface area contributed by atoms with Gasteiger partial charge in [-0.15, -0.1) is 0 Å². The second-order valence-corrected chi connectivity index (χ2v) is 13.0. The molecule has 270 valence electrons. The third kappa shape index (κ3) is 10.8. The van der Waals surface area contributed by atoms with Gasteiger partial charge in [0.2, 0.25) is 35.3 Å². The Morgan fingerprint density at radius 1 is 1.00 bits per heavy atom. The topological polar surface area (TPSA) is 190 Å². The van der Waals surface area contributed by atoms with E-state index in [0.717, 1.165) is 11.1 Å².